The van der Waals surface area contributed by atoms with Crippen molar-refractivity contribution in [3.05, 3.63) is 96.1 Å². The van der Waals surface area contributed by atoms with Crippen molar-refractivity contribution in [1.29, 1.82) is 0 Å². The maximum absolute atomic E-state index is 13.2. The first-order valence-electron chi connectivity index (χ1n) is 9.43. The molecule has 0 radical (unpaired) electrons. The first-order valence-corrected chi connectivity index (χ1v) is 9.43. The highest BCUT2D eigenvalue weighted by Crippen LogP contribution is 2.45. The lowest BCUT2D eigenvalue weighted by Gasteiger charge is -2.19. The Balaban J connectivity index is 1.78. The number of nitrogens with zero attached hydrogens (tertiary/aromatic N) is 1. The van der Waals surface area contributed by atoms with E-state index < -0.39 is 11.8 Å². The molecule has 136 valence electrons. The van der Waals surface area contributed by atoms with E-state index in [-0.39, 0.29) is 11.8 Å². The molecule has 0 saturated carbocycles. The molecule has 0 aliphatic carbocycles. The number of hydrogen-bond donors (Lipinski definition) is 0. The molecule has 2 amide bonds. The largest absolute Gasteiger partial charge is 0.285 e. The molecule has 1 aliphatic rings. The Kier molecular flexibility index (Phi) is 3.76. The normalized spacial score (nSPS) is 19.7. The van der Waals surface area contributed by atoms with Gasteiger partial charge in [-0.25, -0.2) is 0 Å². The van der Waals surface area contributed by atoms with Gasteiger partial charge in [-0.2, -0.15) is 0 Å². The molecular formula is C25H19NO2. The van der Waals surface area contributed by atoms with Crippen LogP contribution < -0.4 is 0 Å². The Morgan fingerprint density at radius 3 is 1.43 bits per heavy atom. The Morgan fingerprint density at radius 2 is 0.964 bits per heavy atom. The molecule has 2 atom stereocenters. The molecule has 1 heterocycles. The smallest absolute Gasteiger partial charge is 0.237 e. The van der Waals surface area contributed by atoms with Crippen LogP contribution in [0.15, 0.2) is 84.9 Å². The van der Waals surface area contributed by atoms with Crippen LogP contribution in [0.5, 0.6) is 0 Å². The highest BCUT2D eigenvalue weighted by molar-refractivity contribution is 6.12. The third-order valence-corrected chi connectivity index (χ3v) is 5.84. The van der Waals surface area contributed by atoms with Crippen LogP contribution in [0, 0.1) is 0 Å². The van der Waals surface area contributed by atoms with Gasteiger partial charge in [-0.1, -0.05) is 84.9 Å². The Bertz CT molecular complexity index is 1140. The summed E-state index contributed by atoms with van der Waals surface area (Å²) in [6.45, 7) is 0. The van der Waals surface area contributed by atoms with Crippen molar-refractivity contribution < 1.29 is 9.59 Å². The minimum absolute atomic E-state index is 0.140. The van der Waals surface area contributed by atoms with Gasteiger partial charge in [-0.05, 0) is 32.7 Å². The molecule has 0 unspecified atom stereocenters. The van der Waals surface area contributed by atoms with Gasteiger partial charge >= 0.3 is 0 Å². The zero-order valence-corrected chi connectivity index (χ0v) is 15.5. The summed E-state index contributed by atoms with van der Waals surface area (Å²) in [6, 6.07) is 28.0. The fourth-order valence-electron chi connectivity index (χ4n) is 4.48. The maximum atomic E-state index is 13.2. The summed E-state index contributed by atoms with van der Waals surface area (Å²) in [5.74, 6) is -1.32. The number of likely N-dealkylation sites (N-methyl/N-ethyl adjacent to an activating group) is 1. The molecule has 3 nitrogen and oxygen atoms in total. The van der Waals surface area contributed by atoms with Crippen LogP contribution in [0.4, 0.5) is 0 Å². The van der Waals surface area contributed by atoms with Crippen LogP contribution in [-0.2, 0) is 9.59 Å². The molecule has 4 aromatic rings. The summed E-state index contributed by atoms with van der Waals surface area (Å²) in [4.78, 5) is 27.7. The zero-order valence-electron chi connectivity index (χ0n) is 15.5. The zero-order chi connectivity index (χ0) is 19.3. The predicted molar refractivity (Wildman–Crippen MR) is 111 cm³/mol. The van der Waals surface area contributed by atoms with Crippen molar-refractivity contribution in [2.45, 2.75) is 11.8 Å². The molecule has 4 aromatic carbocycles. The van der Waals surface area contributed by atoms with Gasteiger partial charge in [-0.15, -0.1) is 0 Å². The number of rotatable bonds is 2. The summed E-state index contributed by atoms with van der Waals surface area (Å²) in [5.41, 5.74) is 1.83. The van der Waals surface area contributed by atoms with Gasteiger partial charge in [0.2, 0.25) is 11.8 Å². The molecule has 1 aliphatic heterocycles. The first kappa shape index (κ1) is 16.7. The molecule has 0 N–H and O–H groups in total. The number of fused-ring (bicyclic) bond motifs is 2. The number of amides is 2. The second-order valence-electron chi connectivity index (χ2n) is 7.33. The summed E-state index contributed by atoms with van der Waals surface area (Å²) in [6.07, 6.45) is 0. The van der Waals surface area contributed by atoms with Crippen molar-refractivity contribution in [1.82, 2.24) is 4.90 Å². The maximum Gasteiger partial charge on any atom is 0.237 e. The monoisotopic (exact) mass is 365 g/mol. The average molecular weight is 365 g/mol. The third kappa shape index (κ3) is 2.36. The molecule has 0 spiro atoms. The van der Waals surface area contributed by atoms with E-state index in [1.165, 1.54) is 4.90 Å². The number of carbonyl (C=O) groups is 2. The summed E-state index contributed by atoms with van der Waals surface area (Å²) >= 11 is 0. The van der Waals surface area contributed by atoms with Crippen molar-refractivity contribution in [2.24, 2.45) is 0 Å². The van der Waals surface area contributed by atoms with E-state index in [1.807, 2.05) is 84.9 Å². The van der Waals surface area contributed by atoms with Crippen LogP contribution in [0.1, 0.15) is 23.0 Å². The highest BCUT2D eigenvalue weighted by Gasteiger charge is 2.48. The van der Waals surface area contributed by atoms with E-state index in [2.05, 4.69) is 0 Å². The van der Waals surface area contributed by atoms with Gasteiger partial charge in [0.05, 0.1) is 11.8 Å². The Labute approximate surface area is 163 Å². The van der Waals surface area contributed by atoms with Crippen molar-refractivity contribution in [3.63, 3.8) is 0 Å². The molecule has 28 heavy (non-hydrogen) atoms. The number of carbonyl (C=O) groups excluding carboxylic acids is 2. The van der Waals surface area contributed by atoms with Crippen LogP contribution >= 0.6 is 0 Å². The quantitative estimate of drug-likeness (QED) is 0.476. The topological polar surface area (TPSA) is 37.4 Å². The molecule has 1 saturated heterocycles. The number of imide groups is 1. The van der Waals surface area contributed by atoms with Crippen LogP contribution in [0.3, 0.4) is 0 Å². The fraction of sp³-hybridized carbons (Fsp3) is 0.120. The van der Waals surface area contributed by atoms with E-state index in [4.69, 9.17) is 0 Å². The molecule has 0 bridgehead atoms. The molecule has 1 fully saturated rings. The van der Waals surface area contributed by atoms with Gasteiger partial charge < -0.3 is 0 Å². The Hall–Kier alpha value is -3.46. The van der Waals surface area contributed by atoms with Gasteiger partial charge in [0.25, 0.3) is 0 Å². The lowest BCUT2D eigenvalue weighted by molar-refractivity contribution is -0.137. The standard InChI is InChI=1S/C25H19NO2/c1-26-24(27)22(20-14-6-10-16-8-2-4-12-18(16)20)23(25(26)28)21-15-7-11-17-9-3-5-13-19(17)21/h2-15,22-23H,1H3/t22-,23-/m1/s1. The van der Waals surface area contributed by atoms with E-state index in [1.54, 1.807) is 7.05 Å². The number of likely N-dealkylation sites (tertiary alicyclic amines) is 1. The number of benzene rings is 4. The van der Waals surface area contributed by atoms with E-state index in [0.717, 1.165) is 32.7 Å². The third-order valence-electron chi connectivity index (χ3n) is 5.84. The van der Waals surface area contributed by atoms with E-state index >= 15 is 0 Å². The summed E-state index contributed by atoms with van der Waals surface area (Å²) < 4.78 is 0. The second kappa shape index (κ2) is 6.31. The van der Waals surface area contributed by atoms with Crippen molar-refractivity contribution >= 4 is 33.4 Å². The van der Waals surface area contributed by atoms with Gasteiger partial charge in [0.1, 0.15) is 0 Å². The highest BCUT2D eigenvalue weighted by atomic mass is 16.2. The molecule has 0 aromatic heterocycles. The fourth-order valence-corrected chi connectivity index (χ4v) is 4.48. The first-order chi connectivity index (χ1) is 13.7. The minimum atomic E-state index is -0.519. The van der Waals surface area contributed by atoms with Gasteiger partial charge in [-0.3, -0.25) is 14.5 Å². The second-order valence-corrected chi connectivity index (χ2v) is 7.33. The summed E-state index contributed by atoms with van der Waals surface area (Å²) in [7, 11) is 1.59. The van der Waals surface area contributed by atoms with Crippen LogP contribution in [0.2, 0.25) is 0 Å². The molecule has 3 heteroatoms. The van der Waals surface area contributed by atoms with E-state index in [9.17, 15) is 9.59 Å². The lowest BCUT2D eigenvalue weighted by Crippen LogP contribution is -2.25. The van der Waals surface area contributed by atoms with Crippen molar-refractivity contribution in [2.75, 3.05) is 7.05 Å². The van der Waals surface area contributed by atoms with Gasteiger partial charge in [0, 0.05) is 7.05 Å². The predicted octanol–water partition coefficient (Wildman–Crippen LogP) is 4.86. The van der Waals surface area contributed by atoms with Gasteiger partial charge in [0.15, 0.2) is 0 Å². The van der Waals surface area contributed by atoms with Crippen LogP contribution in [-0.4, -0.2) is 23.8 Å². The lowest BCUT2D eigenvalue weighted by atomic mass is 9.80. The summed E-state index contributed by atoms with van der Waals surface area (Å²) in [5, 5.41) is 4.20. The Morgan fingerprint density at radius 1 is 0.571 bits per heavy atom. The van der Waals surface area contributed by atoms with Crippen LogP contribution in [0.25, 0.3) is 21.5 Å². The minimum Gasteiger partial charge on any atom is -0.285 e. The molecule has 5 rings (SSSR count). The SMILES string of the molecule is CN1C(=O)[C@H](c2cccc3ccccc23)[C@@H](c2cccc3ccccc23)C1=O. The van der Waals surface area contributed by atoms with Crippen molar-refractivity contribution in [3.8, 4) is 0 Å². The van der Waals surface area contributed by atoms with E-state index in [0.29, 0.717) is 0 Å². The number of hydrogen-bond acceptors (Lipinski definition) is 2. The average Bonchev–Trinajstić information content (AvgIpc) is 2.96. The molecular weight excluding hydrogens is 346 g/mol.